The molecule has 0 aromatic heterocycles. The summed E-state index contributed by atoms with van der Waals surface area (Å²) < 4.78 is 3.96. The van der Waals surface area contributed by atoms with Crippen LogP contribution >= 0.6 is 0 Å². The van der Waals surface area contributed by atoms with Crippen molar-refractivity contribution >= 4 is 43.9 Å². The van der Waals surface area contributed by atoms with E-state index in [4.69, 9.17) is 5.11 Å². The van der Waals surface area contributed by atoms with Crippen molar-refractivity contribution in [3.63, 3.8) is 0 Å². The molecule has 3 nitrogen and oxygen atoms in total. The van der Waals surface area contributed by atoms with E-state index >= 15 is 0 Å². The zero-order valence-electron chi connectivity index (χ0n) is 3.47. The van der Waals surface area contributed by atoms with Crippen LogP contribution in [0, 0.1) is 0 Å². The first-order chi connectivity index (χ1) is 2.77. The van der Waals surface area contributed by atoms with Gasteiger partial charge in [-0.1, -0.05) is 0 Å². The van der Waals surface area contributed by atoms with Crippen LogP contribution in [-0.4, -0.2) is 55.6 Å². The molecule has 0 fully saturated rings. The van der Waals surface area contributed by atoms with Crippen molar-refractivity contribution in [1.82, 2.24) is 0 Å². The Bertz CT molecular complexity index is 54.1. The first-order valence-electron chi connectivity index (χ1n) is 1.63. The molecule has 0 aliphatic heterocycles. The second-order valence-electron chi connectivity index (χ2n) is 0.699. The molecule has 0 radical (unpaired) electrons. The van der Waals surface area contributed by atoms with Gasteiger partial charge < -0.3 is 9.84 Å². The third-order valence-corrected chi connectivity index (χ3v) is 0.268. The van der Waals surface area contributed by atoms with Crippen LogP contribution in [0.25, 0.3) is 0 Å². The Hall–Kier alpha value is 0.530. The van der Waals surface area contributed by atoms with Crippen LogP contribution in [0.4, 0.5) is 4.79 Å². The summed E-state index contributed by atoms with van der Waals surface area (Å²) in [5.74, 6) is 0. The Kier molecular flexibility index (Phi) is 9.79. The summed E-state index contributed by atoms with van der Waals surface area (Å²) in [6, 6.07) is 0. The van der Waals surface area contributed by atoms with E-state index in [1.165, 1.54) is 0 Å². The third-order valence-electron chi connectivity index (χ3n) is 0.268. The van der Waals surface area contributed by atoms with Crippen molar-refractivity contribution in [1.29, 1.82) is 0 Å². The topological polar surface area (TPSA) is 46.5 Å². The molecule has 1 N–H and O–H groups in total. The summed E-state index contributed by atoms with van der Waals surface area (Å²) in [5, 5.41) is 7.69. The second kappa shape index (κ2) is 6.53. The molecule has 0 aliphatic rings. The fourth-order valence-corrected chi connectivity index (χ4v) is 0.123. The van der Waals surface area contributed by atoms with Gasteiger partial charge in [-0.15, -0.1) is 0 Å². The van der Waals surface area contributed by atoms with Crippen molar-refractivity contribution in [2.45, 2.75) is 6.92 Å². The first kappa shape index (κ1) is 10.5. The number of ether oxygens (including phenoxy) is 1. The maximum atomic E-state index is 9.38. The molecule has 0 atom stereocenters. The van der Waals surface area contributed by atoms with E-state index in [2.05, 4.69) is 4.74 Å². The van der Waals surface area contributed by atoms with E-state index in [1.807, 2.05) is 0 Å². The molecule has 0 aromatic carbocycles. The molecule has 0 aromatic rings. The molecule has 0 rings (SSSR count). The van der Waals surface area contributed by atoms with Gasteiger partial charge in [-0.3, -0.25) is 0 Å². The summed E-state index contributed by atoms with van der Waals surface area (Å²) in [5.41, 5.74) is 0. The zero-order valence-corrected chi connectivity index (χ0v) is 3.47. The third kappa shape index (κ3) is 10.8. The van der Waals surface area contributed by atoms with Gasteiger partial charge in [0.1, 0.15) is 0 Å². The van der Waals surface area contributed by atoms with E-state index in [0.717, 1.165) is 0 Å². The minimum atomic E-state index is -1.21. The van der Waals surface area contributed by atoms with Crippen molar-refractivity contribution < 1.29 is 14.6 Å². The molecule has 4 heteroatoms. The maximum absolute atomic E-state index is 9.38. The average molecular weight is 132 g/mol. The number of rotatable bonds is 1. The van der Waals surface area contributed by atoms with Gasteiger partial charge in [0.25, 0.3) is 0 Å². The monoisotopic (exact) mass is 132 g/mol. The Labute approximate surface area is 71.7 Å². The molecule has 40 valence electrons. The minimum absolute atomic E-state index is 0. The predicted molar refractivity (Wildman–Crippen MR) is 28.2 cm³/mol. The number of hydrogen-bond acceptors (Lipinski definition) is 2. The normalized spacial score (nSPS) is 6.43. The standard InChI is InChI=1S/C3H6O3.Ca.2H/c1-2-6-3(4)5;;;/h2H2,1H3,(H,4,5);;;. The van der Waals surface area contributed by atoms with E-state index in [1.54, 1.807) is 6.92 Å². The Morgan fingerprint density at radius 1 is 1.86 bits per heavy atom. The van der Waals surface area contributed by atoms with Crippen molar-refractivity contribution in [2.75, 3.05) is 6.61 Å². The van der Waals surface area contributed by atoms with Gasteiger partial charge in [0.15, 0.2) is 0 Å². The average Bonchev–Trinajstić information content (AvgIpc) is 1.35. The molecule has 0 amide bonds. The quantitative estimate of drug-likeness (QED) is 0.396. The van der Waals surface area contributed by atoms with Gasteiger partial charge in [0.05, 0.1) is 6.61 Å². The number of carbonyl (C=O) groups is 1. The fourth-order valence-electron chi connectivity index (χ4n) is 0.123. The SMILES string of the molecule is CCOC(=O)O.[CaH2]. The Morgan fingerprint density at radius 2 is 2.29 bits per heavy atom. The molecule has 0 unspecified atom stereocenters. The predicted octanol–water partition coefficient (Wildman–Crippen LogP) is -0.215. The Balaban J connectivity index is 0. The van der Waals surface area contributed by atoms with Crippen LogP contribution in [0.5, 0.6) is 0 Å². The second-order valence-corrected chi connectivity index (χ2v) is 0.699. The molecule has 0 saturated carbocycles. The molecule has 7 heavy (non-hydrogen) atoms. The molecular weight excluding hydrogens is 124 g/mol. The van der Waals surface area contributed by atoms with Crippen LogP contribution in [0.1, 0.15) is 6.92 Å². The first-order valence-corrected chi connectivity index (χ1v) is 1.63. The summed E-state index contributed by atoms with van der Waals surface area (Å²) in [6.07, 6.45) is -1.21. The molecule has 0 spiro atoms. The van der Waals surface area contributed by atoms with Gasteiger partial charge in [-0.25, -0.2) is 4.79 Å². The molecule has 0 heterocycles. The van der Waals surface area contributed by atoms with E-state index in [0.29, 0.717) is 0 Å². The Morgan fingerprint density at radius 3 is 2.29 bits per heavy atom. The summed E-state index contributed by atoms with van der Waals surface area (Å²) in [4.78, 5) is 9.38. The van der Waals surface area contributed by atoms with E-state index < -0.39 is 6.16 Å². The van der Waals surface area contributed by atoms with Crippen LogP contribution in [0.3, 0.4) is 0 Å². The summed E-state index contributed by atoms with van der Waals surface area (Å²) in [7, 11) is 0. The zero-order chi connectivity index (χ0) is 4.99. The van der Waals surface area contributed by atoms with Crippen molar-refractivity contribution in [3.05, 3.63) is 0 Å². The van der Waals surface area contributed by atoms with Crippen molar-refractivity contribution in [2.24, 2.45) is 0 Å². The summed E-state index contributed by atoms with van der Waals surface area (Å²) in [6.45, 7) is 1.85. The molecule has 0 bridgehead atoms. The van der Waals surface area contributed by atoms with Gasteiger partial charge in [0, 0.05) is 0 Å². The van der Waals surface area contributed by atoms with Crippen molar-refractivity contribution in [3.8, 4) is 0 Å². The van der Waals surface area contributed by atoms with Crippen LogP contribution < -0.4 is 0 Å². The van der Waals surface area contributed by atoms with E-state index in [-0.39, 0.29) is 44.3 Å². The molecule has 0 aliphatic carbocycles. The van der Waals surface area contributed by atoms with Gasteiger partial charge in [0.2, 0.25) is 0 Å². The molecular formula is C3H8CaO3. The van der Waals surface area contributed by atoms with E-state index in [9.17, 15) is 4.79 Å². The number of hydrogen-bond donors (Lipinski definition) is 1. The van der Waals surface area contributed by atoms with Crippen LogP contribution in [-0.2, 0) is 4.74 Å². The van der Waals surface area contributed by atoms with Gasteiger partial charge in [-0.05, 0) is 6.92 Å². The van der Waals surface area contributed by atoms with Gasteiger partial charge >= 0.3 is 43.9 Å². The fraction of sp³-hybridized carbons (Fsp3) is 0.667. The summed E-state index contributed by atoms with van der Waals surface area (Å²) >= 11 is 0. The van der Waals surface area contributed by atoms with Gasteiger partial charge in [-0.2, -0.15) is 0 Å². The van der Waals surface area contributed by atoms with Crippen LogP contribution in [0.15, 0.2) is 0 Å². The molecule has 0 saturated heterocycles. The van der Waals surface area contributed by atoms with Crippen LogP contribution in [0.2, 0.25) is 0 Å². The number of carboxylic acid groups (broad SMARTS) is 1.